The Morgan fingerprint density at radius 3 is 2.39 bits per heavy atom. The van der Waals surface area contributed by atoms with Gasteiger partial charge in [0.2, 0.25) is 0 Å². The van der Waals surface area contributed by atoms with E-state index >= 15 is 0 Å². The van der Waals surface area contributed by atoms with Crippen molar-refractivity contribution in [3.05, 3.63) is 46.0 Å². The number of halogens is 1. The summed E-state index contributed by atoms with van der Waals surface area (Å²) < 4.78 is 5.74. The lowest BCUT2D eigenvalue weighted by Crippen LogP contribution is -2.16. The average molecular weight is 381 g/mol. The fraction of sp³-hybridized carbons (Fsp3) is 0.474. The minimum Gasteiger partial charge on any atom is -0.466 e. The zero-order valence-electron chi connectivity index (χ0n) is 14.1. The van der Waals surface area contributed by atoms with E-state index in [4.69, 9.17) is 4.74 Å². The molecule has 0 N–H and O–H groups in total. The molecule has 0 aliphatic carbocycles. The van der Waals surface area contributed by atoms with Crippen LogP contribution in [0.1, 0.15) is 56.3 Å². The minimum atomic E-state index is -0.360. The summed E-state index contributed by atoms with van der Waals surface area (Å²) in [4.78, 5) is 24.5. The predicted octanol–water partition coefficient (Wildman–Crippen LogP) is 5.30. The number of benzene rings is 1. The van der Waals surface area contributed by atoms with Gasteiger partial charge in [0, 0.05) is 21.5 Å². The summed E-state index contributed by atoms with van der Waals surface area (Å²) in [5.41, 5.74) is 1.24. The van der Waals surface area contributed by atoms with Crippen molar-refractivity contribution < 1.29 is 14.3 Å². The lowest BCUT2D eigenvalue weighted by Gasteiger charge is -2.14. The van der Waals surface area contributed by atoms with Gasteiger partial charge >= 0.3 is 5.97 Å². The Balaban J connectivity index is 2.86. The Kier molecular flexibility index (Phi) is 8.85. The zero-order chi connectivity index (χ0) is 17.2. The number of esters is 1. The van der Waals surface area contributed by atoms with Gasteiger partial charge in [-0.1, -0.05) is 73.0 Å². The molecule has 3 nitrogen and oxygen atoms in total. The van der Waals surface area contributed by atoms with Gasteiger partial charge in [-0.3, -0.25) is 4.79 Å². The number of hydrogen-bond donors (Lipinski definition) is 0. The van der Waals surface area contributed by atoms with E-state index in [1.807, 2.05) is 25.1 Å². The molecule has 0 aromatic heterocycles. The highest BCUT2D eigenvalue weighted by Crippen LogP contribution is 2.27. The monoisotopic (exact) mass is 380 g/mol. The second-order valence-corrected chi connectivity index (χ2v) is 6.62. The minimum absolute atomic E-state index is 0.0425. The number of allylic oxidation sites excluding steroid dienone is 1. The van der Waals surface area contributed by atoms with Crippen LogP contribution in [0.4, 0.5) is 0 Å². The van der Waals surface area contributed by atoms with Crippen molar-refractivity contribution in [2.24, 2.45) is 5.92 Å². The predicted molar refractivity (Wildman–Crippen MR) is 96.7 cm³/mol. The van der Waals surface area contributed by atoms with Crippen molar-refractivity contribution in [3.63, 3.8) is 0 Å². The normalized spacial score (nSPS) is 13.2. The molecule has 1 atom stereocenters. The van der Waals surface area contributed by atoms with Crippen molar-refractivity contribution in [2.75, 3.05) is 7.11 Å². The lowest BCUT2D eigenvalue weighted by molar-refractivity contribution is -0.136. The van der Waals surface area contributed by atoms with Crippen molar-refractivity contribution in [1.82, 2.24) is 0 Å². The van der Waals surface area contributed by atoms with Gasteiger partial charge < -0.3 is 4.74 Å². The number of ketones is 1. The molecule has 0 saturated heterocycles. The van der Waals surface area contributed by atoms with Crippen LogP contribution in [0.15, 0.2) is 40.4 Å². The molecule has 0 amide bonds. The summed E-state index contributed by atoms with van der Waals surface area (Å²) in [6, 6.07) is 9.17. The van der Waals surface area contributed by atoms with Gasteiger partial charge in [-0.05, 0) is 19.3 Å². The molecule has 0 saturated carbocycles. The Morgan fingerprint density at radius 1 is 1.17 bits per heavy atom. The molecule has 0 spiro atoms. The third-order valence-electron chi connectivity index (χ3n) is 3.78. The summed E-state index contributed by atoms with van der Waals surface area (Å²) in [6.07, 6.45) is 4.43. The van der Waals surface area contributed by atoms with Crippen LogP contribution in [-0.2, 0) is 9.53 Å². The van der Waals surface area contributed by atoms with Crippen LogP contribution in [0.5, 0.6) is 0 Å². The van der Waals surface area contributed by atoms with Crippen molar-refractivity contribution in [3.8, 4) is 0 Å². The summed E-state index contributed by atoms with van der Waals surface area (Å²) >= 11 is 3.52. The van der Waals surface area contributed by atoms with E-state index in [0.717, 1.165) is 30.2 Å². The molecule has 23 heavy (non-hydrogen) atoms. The molecule has 0 aliphatic heterocycles. The first kappa shape index (κ1) is 19.6. The van der Waals surface area contributed by atoms with Crippen molar-refractivity contribution in [2.45, 2.75) is 46.0 Å². The molecule has 126 valence electrons. The van der Waals surface area contributed by atoms with Crippen LogP contribution in [-0.4, -0.2) is 18.9 Å². The molecule has 0 aliphatic rings. The molecule has 4 heteroatoms. The van der Waals surface area contributed by atoms with E-state index < -0.39 is 0 Å². The molecule has 0 heterocycles. The average Bonchev–Trinajstić information content (AvgIpc) is 2.58. The number of rotatable bonds is 9. The van der Waals surface area contributed by atoms with E-state index in [1.165, 1.54) is 7.11 Å². The highest BCUT2D eigenvalue weighted by Gasteiger charge is 2.22. The molecule has 0 radical (unpaired) electrons. The molecule has 0 fully saturated rings. The summed E-state index contributed by atoms with van der Waals surface area (Å²) in [5, 5.41) is 0. The van der Waals surface area contributed by atoms with E-state index in [0.29, 0.717) is 17.6 Å². The molecule has 1 rings (SSSR count). The number of unbranched alkanes of at least 4 members (excludes halogenated alkanes) is 2. The zero-order valence-corrected chi connectivity index (χ0v) is 15.7. The topological polar surface area (TPSA) is 43.4 Å². The van der Waals surface area contributed by atoms with Gasteiger partial charge in [0.25, 0.3) is 0 Å². The Labute approximate surface area is 147 Å². The summed E-state index contributed by atoms with van der Waals surface area (Å²) in [6.45, 7) is 3.99. The molecule has 1 aromatic carbocycles. The third-order valence-corrected chi connectivity index (χ3v) is 4.65. The molecular formula is C19H25BrO3. The maximum absolute atomic E-state index is 12.5. The van der Waals surface area contributed by atoms with Crippen LogP contribution in [0.3, 0.4) is 0 Å². The first-order chi connectivity index (χ1) is 11.0. The van der Waals surface area contributed by atoms with Gasteiger partial charge in [-0.15, -0.1) is 0 Å². The van der Waals surface area contributed by atoms with E-state index in [-0.39, 0.29) is 17.7 Å². The van der Waals surface area contributed by atoms with Gasteiger partial charge in [0.1, 0.15) is 0 Å². The molecule has 1 unspecified atom stereocenters. The Morgan fingerprint density at radius 2 is 1.83 bits per heavy atom. The van der Waals surface area contributed by atoms with Crippen LogP contribution in [0.25, 0.3) is 0 Å². The smallest absolute Gasteiger partial charge is 0.334 e. The fourth-order valence-corrected chi connectivity index (χ4v) is 3.00. The second-order valence-electron chi connectivity index (χ2n) is 5.67. The van der Waals surface area contributed by atoms with Gasteiger partial charge in [0.15, 0.2) is 5.78 Å². The SMILES string of the molecule is CCCCC/C(Br)=C(\CC(C)C(=O)c1ccccc1)C(=O)OC. The summed E-state index contributed by atoms with van der Waals surface area (Å²) in [5.74, 6) is -0.591. The molecule has 0 bridgehead atoms. The van der Waals surface area contributed by atoms with Crippen LogP contribution >= 0.6 is 15.9 Å². The number of Topliss-reactive ketones (excluding diaryl/α,β-unsaturated/α-hetero) is 1. The Hall–Kier alpha value is -1.42. The van der Waals surface area contributed by atoms with Gasteiger partial charge in [-0.25, -0.2) is 4.79 Å². The maximum Gasteiger partial charge on any atom is 0.334 e. The van der Waals surface area contributed by atoms with Crippen LogP contribution in [0.2, 0.25) is 0 Å². The standard InChI is InChI=1S/C19H25BrO3/c1-4-5-7-12-17(20)16(19(22)23-3)13-14(2)18(21)15-10-8-6-9-11-15/h6,8-11,14H,4-5,7,12-13H2,1-3H3/b17-16-. The number of ether oxygens (including phenoxy) is 1. The Bertz CT molecular complexity index is 549. The lowest BCUT2D eigenvalue weighted by atomic mass is 9.92. The molecule has 1 aromatic rings. The number of methoxy groups -OCH3 is 1. The number of carbonyl (C=O) groups is 2. The third kappa shape index (κ3) is 6.30. The van der Waals surface area contributed by atoms with Gasteiger partial charge in [-0.2, -0.15) is 0 Å². The maximum atomic E-state index is 12.5. The fourth-order valence-electron chi connectivity index (χ4n) is 2.39. The van der Waals surface area contributed by atoms with Gasteiger partial charge in [0.05, 0.1) is 7.11 Å². The summed E-state index contributed by atoms with van der Waals surface area (Å²) in [7, 11) is 1.37. The molecular weight excluding hydrogens is 356 g/mol. The van der Waals surface area contributed by atoms with E-state index in [1.54, 1.807) is 12.1 Å². The van der Waals surface area contributed by atoms with Crippen molar-refractivity contribution in [1.29, 1.82) is 0 Å². The largest absolute Gasteiger partial charge is 0.466 e. The number of carbonyl (C=O) groups excluding carboxylic acids is 2. The highest BCUT2D eigenvalue weighted by molar-refractivity contribution is 9.11. The van der Waals surface area contributed by atoms with Crippen LogP contribution in [0, 0.1) is 5.92 Å². The number of hydrogen-bond acceptors (Lipinski definition) is 3. The van der Waals surface area contributed by atoms with Crippen molar-refractivity contribution >= 4 is 27.7 Å². The quantitative estimate of drug-likeness (QED) is 0.252. The second kappa shape index (κ2) is 10.4. The first-order valence-electron chi connectivity index (χ1n) is 8.06. The van der Waals surface area contributed by atoms with E-state index in [9.17, 15) is 9.59 Å². The highest BCUT2D eigenvalue weighted by atomic mass is 79.9. The van der Waals surface area contributed by atoms with Crippen LogP contribution < -0.4 is 0 Å². The van der Waals surface area contributed by atoms with E-state index in [2.05, 4.69) is 22.9 Å². The first-order valence-corrected chi connectivity index (χ1v) is 8.85.